The van der Waals surface area contributed by atoms with E-state index in [2.05, 4.69) is 39.9 Å². The third-order valence-electron chi connectivity index (χ3n) is 6.64. The molecule has 0 heterocycles. The normalized spacial score (nSPS) is 12.2. The van der Waals surface area contributed by atoms with Crippen molar-refractivity contribution in [2.24, 2.45) is 5.92 Å². The van der Waals surface area contributed by atoms with Crippen LogP contribution in [0.1, 0.15) is 56.9 Å². The topological polar surface area (TPSA) is 58.6 Å². The van der Waals surface area contributed by atoms with E-state index in [9.17, 15) is 9.59 Å². The Balaban J connectivity index is 1.88. The van der Waals surface area contributed by atoms with E-state index in [0.29, 0.717) is 31.2 Å². The van der Waals surface area contributed by atoms with Gasteiger partial charge in [-0.3, -0.25) is 9.59 Å². The molecule has 38 heavy (non-hydrogen) atoms. The molecule has 0 saturated carbocycles. The highest BCUT2D eigenvalue weighted by Gasteiger charge is 2.31. The molecule has 3 aromatic rings. The van der Waals surface area contributed by atoms with Crippen molar-refractivity contribution < 1.29 is 14.3 Å². The van der Waals surface area contributed by atoms with Gasteiger partial charge in [-0.15, -0.1) is 0 Å². The summed E-state index contributed by atoms with van der Waals surface area (Å²) in [6.45, 7) is 13.3. The molecule has 5 nitrogen and oxygen atoms in total. The summed E-state index contributed by atoms with van der Waals surface area (Å²) in [5, 5.41) is 3.06. The molecule has 202 valence electrons. The molecule has 1 atom stereocenters. The molecule has 0 radical (unpaired) electrons. The smallest absolute Gasteiger partial charge is 0.261 e. The lowest BCUT2D eigenvalue weighted by molar-refractivity contribution is -0.142. The molecule has 3 aromatic carbocycles. The molecule has 5 heteroatoms. The highest BCUT2D eigenvalue weighted by molar-refractivity contribution is 5.88. The van der Waals surface area contributed by atoms with Gasteiger partial charge in [-0.05, 0) is 52.6 Å². The van der Waals surface area contributed by atoms with Crippen molar-refractivity contribution in [1.29, 1.82) is 0 Å². The molecule has 0 aliphatic rings. The van der Waals surface area contributed by atoms with Gasteiger partial charge in [-0.2, -0.15) is 0 Å². The summed E-state index contributed by atoms with van der Waals surface area (Å²) in [6, 6.07) is 25.0. The third kappa shape index (κ3) is 8.47. The number of hydrogen-bond acceptors (Lipinski definition) is 3. The van der Waals surface area contributed by atoms with E-state index in [4.69, 9.17) is 4.74 Å². The van der Waals surface area contributed by atoms with Crippen LogP contribution in [0.4, 0.5) is 0 Å². The maximum absolute atomic E-state index is 13.8. The van der Waals surface area contributed by atoms with Crippen LogP contribution < -0.4 is 10.1 Å². The van der Waals surface area contributed by atoms with Gasteiger partial charge >= 0.3 is 0 Å². The van der Waals surface area contributed by atoms with Crippen LogP contribution in [-0.2, 0) is 28.0 Å². The number of rotatable bonds is 11. The summed E-state index contributed by atoms with van der Waals surface area (Å²) in [5.41, 5.74) is 4.31. The number of benzene rings is 3. The number of carbonyl (C=O) groups is 2. The van der Waals surface area contributed by atoms with Gasteiger partial charge in [0, 0.05) is 19.5 Å². The van der Waals surface area contributed by atoms with Gasteiger partial charge in [0.15, 0.2) is 6.61 Å². The van der Waals surface area contributed by atoms with Crippen LogP contribution in [0.15, 0.2) is 78.9 Å². The van der Waals surface area contributed by atoms with Crippen molar-refractivity contribution in [2.75, 3.05) is 13.2 Å². The van der Waals surface area contributed by atoms with Gasteiger partial charge < -0.3 is 15.0 Å². The summed E-state index contributed by atoms with van der Waals surface area (Å²) in [4.78, 5) is 29.0. The van der Waals surface area contributed by atoms with E-state index in [1.807, 2.05) is 85.8 Å². The minimum Gasteiger partial charge on any atom is -0.484 e. The number of ether oxygens (including phenoxy) is 1. The molecule has 0 fully saturated rings. The molecule has 1 unspecified atom stereocenters. The summed E-state index contributed by atoms with van der Waals surface area (Å²) in [7, 11) is 0. The van der Waals surface area contributed by atoms with Gasteiger partial charge in [-0.1, -0.05) is 101 Å². The van der Waals surface area contributed by atoms with Gasteiger partial charge in [0.2, 0.25) is 5.91 Å². The monoisotopic (exact) mass is 514 g/mol. The van der Waals surface area contributed by atoms with Crippen LogP contribution in [-0.4, -0.2) is 35.9 Å². The van der Waals surface area contributed by atoms with E-state index >= 15 is 0 Å². The number of nitrogens with zero attached hydrogens (tertiary/aromatic N) is 1. The zero-order chi connectivity index (χ0) is 27.7. The first-order chi connectivity index (χ1) is 18.0. The summed E-state index contributed by atoms with van der Waals surface area (Å²) in [6.07, 6.45) is 0.419. The number of amides is 2. The fourth-order valence-corrected chi connectivity index (χ4v) is 4.23. The Kier molecular flexibility index (Phi) is 10.1. The Morgan fingerprint density at radius 2 is 1.53 bits per heavy atom. The van der Waals surface area contributed by atoms with Crippen molar-refractivity contribution in [1.82, 2.24) is 10.2 Å². The second-order valence-corrected chi connectivity index (χ2v) is 11.4. The fraction of sp³-hybridized carbons (Fsp3) is 0.394. The first-order valence-corrected chi connectivity index (χ1v) is 13.4. The Morgan fingerprint density at radius 3 is 2.13 bits per heavy atom. The molecule has 0 saturated heterocycles. The van der Waals surface area contributed by atoms with Crippen molar-refractivity contribution in [3.63, 3.8) is 0 Å². The highest BCUT2D eigenvalue weighted by Crippen LogP contribution is 2.24. The van der Waals surface area contributed by atoms with Crippen LogP contribution in [0.5, 0.6) is 5.75 Å². The molecule has 1 N–H and O–H groups in total. The molecule has 0 aliphatic carbocycles. The Bertz CT molecular complexity index is 1180. The average molecular weight is 515 g/mol. The Morgan fingerprint density at radius 1 is 0.895 bits per heavy atom. The molecule has 0 bridgehead atoms. The van der Waals surface area contributed by atoms with Gasteiger partial charge in [0.05, 0.1) is 0 Å². The molecule has 2 amide bonds. The van der Waals surface area contributed by atoms with Gasteiger partial charge in [0.1, 0.15) is 11.8 Å². The van der Waals surface area contributed by atoms with Crippen LogP contribution in [0.2, 0.25) is 0 Å². The van der Waals surface area contributed by atoms with E-state index in [1.165, 1.54) is 5.56 Å². The second-order valence-electron chi connectivity index (χ2n) is 11.4. The maximum atomic E-state index is 13.8. The molecule has 0 aliphatic heterocycles. The first kappa shape index (κ1) is 29.0. The summed E-state index contributed by atoms with van der Waals surface area (Å²) < 4.78 is 5.94. The van der Waals surface area contributed by atoms with Gasteiger partial charge in [-0.25, -0.2) is 0 Å². The van der Waals surface area contributed by atoms with Crippen molar-refractivity contribution in [2.45, 2.75) is 66.0 Å². The van der Waals surface area contributed by atoms with E-state index in [1.54, 1.807) is 4.90 Å². The van der Waals surface area contributed by atoms with Crippen LogP contribution in [0, 0.1) is 12.8 Å². The summed E-state index contributed by atoms with van der Waals surface area (Å²) >= 11 is 0. The largest absolute Gasteiger partial charge is 0.484 e. The van der Waals surface area contributed by atoms with E-state index in [-0.39, 0.29) is 23.8 Å². The predicted octanol–water partition coefficient (Wildman–Crippen LogP) is 6.08. The van der Waals surface area contributed by atoms with E-state index < -0.39 is 6.04 Å². The SMILES string of the molecule is Cc1ccccc1CN(C(=O)COc1ccc(C(C)(C)C)cc1)C(Cc1ccccc1)C(=O)NCC(C)C. The molecular weight excluding hydrogens is 472 g/mol. The number of nitrogens with one attached hydrogen (secondary N) is 1. The first-order valence-electron chi connectivity index (χ1n) is 13.4. The van der Waals surface area contributed by atoms with Crippen molar-refractivity contribution in [3.05, 3.63) is 101 Å². The highest BCUT2D eigenvalue weighted by atomic mass is 16.5. The predicted molar refractivity (Wildman–Crippen MR) is 154 cm³/mol. The standard InChI is InChI=1S/C33H42N2O3/c1-24(2)21-34-32(37)30(20-26-13-8-7-9-14-26)35(22-27-15-11-10-12-25(27)3)31(36)23-38-29-18-16-28(17-19-29)33(4,5)6/h7-19,24,30H,20-23H2,1-6H3,(H,34,37). The number of hydrogen-bond donors (Lipinski definition) is 1. The molecule has 3 rings (SSSR count). The molecule has 0 aromatic heterocycles. The summed E-state index contributed by atoms with van der Waals surface area (Å²) in [5.74, 6) is 0.551. The third-order valence-corrected chi connectivity index (χ3v) is 6.64. The quantitative estimate of drug-likeness (QED) is 0.337. The minimum absolute atomic E-state index is 0.0344. The maximum Gasteiger partial charge on any atom is 0.261 e. The van der Waals surface area contributed by atoms with Crippen LogP contribution >= 0.6 is 0 Å². The lowest BCUT2D eigenvalue weighted by Crippen LogP contribution is -2.52. The lowest BCUT2D eigenvalue weighted by atomic mass is 9.87. The lowest BCUT2D eigenvalue weighted by Gasteiger charge is -2.32. The number of aryl methyl sites for hydroxylation is 1. The van der Waals surface area contributed by atoms with Crippen molar-refractivity contribution >= 4 is 11.8 Å². The Hall–Kier alpha value is -3.60. The fourth-order valence-electron chi connectivity index (χ4n) is 4.23. The van der Waals surface area contributed by atoms with Crippen molar-refractivity contribution in [3.8, 4) is 5.75 Å². The molecule has 0 spiro atoms. The second kappa shape index (κ2) is 13.3. The van der Waals surface area contributed by atoms with Gasteiger partial charge in [0.25, 0.3) is 5.91 Å². The van der Waals surface area contributed by atoms with E-state index in [0.717, 1.165) is 16.7 Å². The zero-order valence-electron chi connectivity index (χ0n) is 23.7. The Labute approximate surface area is 228 Å². The zero-order valence-corrected chi connectivity index (χ0v) is 23.7. The average Bonchev–Trinajstić information content (AvgIpc) is 2.89. The van der Waals surface area contributed by atoms with Crippen LogP contribution in [0.3, 0.4) is 0 Å². The molecular formula is C33H42N2O3. The number of carbonyl (C=O) groups excluding carboxylic acids is 2. The van der Waals surface area contributed by atoms with Crippen LogP contribution in [0.25, 0.3) is 0 Å². The minimum atomic E-state index is -0.671.